The predicted molar refractivity (Wildman–Crippen MR) is 43.7 cm³/mol. The van der Waals surface area contributed by atoms with Gasteiger partial charge >= 0.3 is 0 Å². The van der Waals surface area contributed by atoms with Gasteiger partial charge in [0.15, 0.2) is 11.5 Å². The number of benzene rings is 1. The summed E-state index contributed by atoms with van der Waals surface area (Å²) >= 11 is 5.54. The fraction of sp³-hybridized carbons (Fsp3) is 0.125. The zero-order chi connectivity index (χ0) is 8.72. The van der Waals surface area contributed by atoms with E-state index < -0.39 is 5.82 Å². The number of rotatable bonds is 0. The van der Waals surface area contributed by atoms with Crippen LogP contribution in [-0.4, -0.2) is 4.98 Å². The predicted octanol–water partition coefficient (Wildman–Crippen LogP) is 2.93. The van der Waals surface area contributed by atoms with Crippen LogP contribution in [0, 0.1) is 12.7 Å². The molecule has 0 bridgehead atoms. The zero-order valence-electron chi connectivity index (χ0n) is 6.27. The van der Waals surface area contributed by atoms with E-state index in [1.807, 2.05) is 0 Å². The molecule has 1 aromatic heterocycles. The van der Waals surface area contributed by atoms with Crippen molar-refractivity contribution in [2.45, 2.75) is 6.92 Å². The molecule has 0 saturated heterocycles. The van der Waals surface area contributed by atoms with E-state index in [2.05, 4.69) is 4.98 Å². The molecule has 62 valence electrons. The van der Waals surface area contributed by atoms with Crippen LogP contribution in [0.3, 0.4) is 0 Å². The molecule has 0 aliphatic carbocycles. The summed E-state index contributed by atoms with van der Waals surface area (Å²) in [5, 5.41) is 0.0656. The largest absolute Gasteiger partial charge is 0.441 e. The number of hydrogen-bond acceptors (Lipinski definition) is 2. The van der Waals surface area contributed by atoms with Gasteiger partial charge in [0, 0.05) is 13.0 Å². The van der Waals surface area contributed by atoms with Gasteiger partial charge in [0.25, 0.3) is 0 Å². The summed E-state index contributed by atoms with van der Waals surface area (Å²) in [6.07, 6.45) is 0. The van der Waals surface area contributed by atoms with Crippen LogP contribution in [0.4, 0.5) is 4.39 Å². The first-order valence-corrected chi connectivity index (χ1v) is 3.77. The first kappa shape index (κ1) is 7.55. The standard InChI is InChI=1S/C8H5ClFNO/c1-4-11-7-2-5(9)6(10)3-8(7)12-4/h2-3H,1H3. The molecule has 2 nitrogen and oxygen atoms in total. The van der Waals surface area contributed by atoms with Crippen LogP contribution in [0.5, 0.6) is 0 Å². The average Bonchev–Trinajstić information content (AvgIpc) is 2.30. The molecule has 0 radical (unpaired) electrons. The van der Waals surface area contributed by atoms with Gasteiger partial charge in [0.05, 0.1) is 5.02 Å². The van der Waals surface area contributed by atoms with Crippen LogP contribution >= 0.6 is 11.6 Å². The summed E-state index contributed by atoms with van der Waals surface area (Å²) < 4.78 is 17.9. The molecule has 0 fully saturated rings. The third kappa shape index (κ3) is 1.06. The number of halogens is 2. The highest BCUT2D eigenvalue weighted by molar-refractivity contribution is 6.31. The number of nitrogens with zero attached hydrogens (tertiary/aromatic N) is 1. The van der Waals surface area contributed by atoms with E-state index in [1.54, 1.807) is 6.92 Å². The van der Waals surface area contributed by atoms with Gasteiger partial charge in [0.2, 0.25) is 0 Å². The van der Waals surface area contributed by atoms with Crippen molar-refractivity contribution in [1.29, 1.82) is 0 Å². The second kappa shape index (κ2) is 2.45. The van der Waals surface area contributed by atoms with Gasteiger partial charge in [-0.1, -0.05) is 11.6 Å². The molecular weight excluding hydrogens is 181 g/mol. The molecule has 4 heteroatoms. The van der Waals surface area contributed by atoms with Gasteiger partial charge in [0.1, 0.15) is 11.3 Å². The second-order valence-electron chi connectivity index (χ2n) is 2.47. The lowest BCUT2D eigenvalue weighted by Gasteiger charge is -1.90. The Bertz CT molecular complexity index is 399. The normalized spacial score (nSPS) is 10.9. The van der Waals surface area contributed by atoms with Crippen LogP contribution in [0.15, 0.2) is 16.5 Å². The number of aryl methyl sites for hydroxylation is 1. The quantitative estimate of drug-likeness (QED) is 0.631. The monoisotopic (exact) mass is 185 g/mol. The minimum atomic E-state index is -0.486. The van der Waals surface area contributed by atoms with Crippen molar-refractivity contribution in [3.63, 3.8) is 0 Å². The molecule has 1 aromatic carbocycles. The minimum absolute atomic E-state index is 0.0656. The summed E-state index contributed by atoms with van der Waals surface area (Å²) in [7, 11) is 0. The highest BCUT2D eigenvalue weighted by atomic mass is 35.5. The van der Waals surface area contributed by atoms with Gasteiger partial charge in [-0.05, 0) is 6.07 Å². The summed E-state index contributed by atoms with van der Waals surface area (Å²) in [6, 6.07) is 2.68. The summed E-state index contributed by atoms with van der Waals surface area (Å²) in [5.41, 5.74) is 1.01. The molecule has 0 N–H and O–H groups in total. The van der Waals surface area contributed by atoms with Crippen molar-refractivity contribution in [2.75, 3.05) is 0 Å². The molecule has 0 saturated carbocycles. The summed E-state index contributed by atoms with van der Waals surface area (Å²) in [4.78, 5) is 4.00. The van der Waals surface area contributed by atoms with Crippen molar-refractivity contribution in [3.8, 4) is 0 Å². The molecule has 2 aromatic rings. The van der Waals surface area contributed by atoms with Crippen molar-refractivity contribution in [1.82, 2.24) is 4.98 Å². The number of aromatic nitrogens is 1. The fourth-order valence-electron chi connectivity index (χ4n) is 1.04. The van der Waals surface area contributed by atoms with E-state index in [0.717, 1.165) is 0 Å². The highest BCUT2D eigenvalue weighted by Crippen LogP contribution is 2.22. The van der Waals surface area contributed by atoms with Gasteiger partial charge in [-0.25, -0.2) is 9.37 Å². The zero-order valence-corrected chi connectivity index (χ0v) is 7.02. The molecule has 0 unspecified atom stereocenters. The van der Waals surface area contributed by atoms with Crippen molar-refractivity contribution < 1.29 is 8.81 Å². The van der Waals surface area contributed by atoms with E-state index in [0.29, 0.717) is 17.0 Å². The molecule has 1 heterocycles. The molecular formula is C8H5ClFNO. The Morgan fingerprint density at radius 2 is 2.25 bits per heavy atom. The van der Waals surface area contributed by atoms with Crippen LogP contribution < -0.4 is 0 Å². The van der Waals surface area contributed by atoms with Crippen LogP contribution in [0.1, 0.15) is 5.89 Å². The minimum Gasteiger partial charge on any atom is -0.441 e. The highest BCUT2D eigenvalue weighted by Gasteiger charge is 2.06. The Kier molecular flexibility index (Phi) is 1.54. The topological polar surface area (TPSA) is 26.0 Å². The van der Waals surface area contributed by atoms with E-state index in [9.17, 15) is 4.39 Å². The third-order valence-corrected chi connectivity index (χ3v) is 1.83. The summed E-state index contributed by atoms with van der Waals surface area (Å²) in [6.45, 7) is 1.70. The molecule has 0 aliphatic rings. The Morgan fingerprint density at radius 1 is 1.50 bits per heavy atom. The van der Waals surface area contributed by atoms with Crippen molar-refractivity contribution >= 4 is 22.7 Å². The number of fused-ring (bicyclic) bond motifs is 1. The van der Waals surface area contributed by atoms with Gasteiger partial charge < -0.3 is 4.42 Å². The maximum absolute atomic E-state index is 12.8. The van der Waals surface area contributed by atoms with Crippen LogP contribution in [0.2, 0.25) is 5.02 Å². The average molecular weight is 186 g/mol. The molecule has 12 heavy (non-hydrogen) atoms. The molecule has 0 aliphatic heterocycles. The van der Waals surface area contributed by atoms with Crippen molar-refractivity contribution in [3.05, 3.63) is 28.9 Å². The number of oxazole rings is 1. The molecule has 2 rings (SSSR count). The lowest BCUT2D eigenvalue weighted by Crippen LogP contribution is -1.75. The van der Waals surface area contributed by atoms with Crippen LogP contribution in [0.25, 0.3) is 11.1 Å². The molecule has 0 spiro atoms. The van der Waals surface area contributed by atoms with E-state index in [1.165, 1.54) is 12.1 Å². The van der Waals surface area contributed by atoms with Gasteiger partial charge in [-0.15, -0.1) is 0 Å². The lowest BCUT2D eigenvalue weighted by molar-refractivity contribution is 0.556. The SMILES string of the molecule is Cc1nc2cc(Cl)c(F)cc2o1. The first-order chi connectivity index (χ1) is 5.66. The van der Waals surface area contributed by atoms with Gasteiger partial charge in [-0.3, -0.25) is 0 Å². The van der Waals surface area contributed by atoms with E-state index in [4.69, 9.17) is 16.0 Å². The maximum Gasteiger partial charge on any atom is 0.192 e. The molecule has 0 amide bonds. The second-order valence-corrected chi connectivity index (χ2v) is 2.87. The van der Waals surface area contributed by atoms with E-state index in [-0.39, 0.29) is 5.02 Å². The first-order valence-electron chi connectivity index (χ1n) is 3.39. The van der Waals surface area contributed by atoms with Gasteiger partial charge in [-0.2, -0.15) is 0 Å². The molecule has 0 atom stereocenters. The lowest BCUT2D eigenvalue weighted by atomic mass is 10.3. The van der Waals surface area contributed by atoms with Crippen LogP contribution in [-0.2, 0) is 0 Å². The van der Waals surface area contributed by atoms with E-state index >= 15 is 0 Å². The Labute approximate surface area is 73.0 Å². The maximum atomic E-state index is 12.8. The van der Waals surface area contributed by atoms with Crippen molar-refractivity contribution in [2.24, 2.45) is 0 Å². The summed E-state index contributed by atoms with van der Waals surface area (Å²) in [5.74, 6) is 0.0204. The Balaban J connectivity index is 2.83. The number of hydrogen-bond donors (Lipinski definition) is 0. The Hall–Kier alpha value is -1.09. The Morgan fingerprint density at radius 3 is 3.00 bits per heavy atom. The third-order valence-electron chi connectivity index (χ3n) is 1.54. The fourth-order valence-corrected chi connectivity index (χ4v) is 1.20. The smallest absolute Gasteiger partial charge is 0.192 e.